The number of imide groups is 1. The summed E-state index contributed by atoms with van der Waals surface area (Å²) in [6.45, 7) is 0.171. The fraction of sp³-hybridized carbons (Fsp3) is 0.154. The summed E-state index contributed by atoms with van der Waals surface area (Å²) in [7, 11) is 0. The highest BCUT2D eigenvalue weighted by Crippen LogP contribution is 2.35. The standard InChI is InChI=1S/C13H10BrN3O3/c14-10-9-8(3-6-17(12(9)18)13(19)20)16-11(10)7-1-4-15-5-2-7/h1-2,4-5,16H,3,6H2,(H,19,20). The summed E-state index contributed by atoms with van der Waals surface area (Å²) >= 11 is 3.40. The van der Waals surface area contributed by atoms with Gasteiger partial charge in [-0.3, -0.25) is 9.78 Å². The summed E-state index contributed by atoms with van der Waals surface area (Å²) in [6, 6.07) is 3.64. The van der Waals surface area contributed by atoms with E-state index in [4.69, 9.17) is 5.11 Å². The average Bonchev–Trinajstić information content (AvgIpc) is 2.78. The number of carbonyl (C=O) groups is 2. The lowest BCUT2D eigenvalue weighted by Gasteiger charge is -2.22. The molecule has 0 radical (unpaired) electrons. The molecule has 3 heterocycles. The number of nitrogens with zero attached hydrogens (tertiary/aromatic N) is 2. The lowest BCUT2D eigenvalue weighted by atomic mass is 10.1. The van der Waals surface area contributed by atoms with E-state index in [1.54, 1.807) is 12.4 Å². The van der Waals surface area contributed by atoms with Gasteiger partial charge in [-0.2, -0.15) is 0 Å². The molecule has 2 amide bonds. The minimum atomic E-state index is -1.22. The highest BCUT2D eigenvalue weighted by atomic mass is 79.9. The van der Waals surface area contributed by atoms with Crippen LogP contribution in [-0.4, -0.2) is 38.5 Å². The normalized spacial score (nSPS) is 14.2. The third-order valence-electron chi connectivity index (χ3n) is 3.26. The van der Waals surface area contributed by atoms with Gasteiger partial charge in [0.25, 0.3) is 5.91 Å². The summed E-state index contributed by atoms with van der Waals surface area (Å²) < 4.78 is 0.592. The first-order chi connectivity index (χ1) is 9.59. The number of carbonyl (C=O) groups excluding carboxylic acids is 1. The molecule has 3 rings (SSSR count). The van der Waals surface area contributed by atoms with Crippen LogP contribution in [0.5, 0.6) is 0 Å². The van der Waals surface area contributed by atoms with Crippen molar-refractivity contribution < 1.29 is 14.7 Å². The van der Waals surface area contributed by atoms with Crippen LogP contribution in [-0.2, 0) is 6.42 Å². The molecular formula is C13H10BrN3O3. The fourth-order valence-corrected chi connectivity index (χ4v) is 3.03. The van der Waals surface area contributed by atoms with Crippen molar-refractivity contribution in [2.24, 2.45) is 0 Å². The Morgan fingerprint density at radius 2 is 2.10 bits per heavy atom. The quantitative estimate of drug-likeness (QED) is 0.838. The van der Waals surface area contributed by atoms with Gasteiger partial charge in [-0.05, 0) is 28.1 Å². The van der Waals surface area contributed by atoms with E-state index >= 15 is 0 Å². The first-order valence-electron chi connectivity index (χ1n) is 5.95. The molecule has 0 saturated carbocycles. The number of aromatic amines is 1. The van der Waals surface area contributed by atoms with Gasteiger partial charge in [-0.1, -0.05) is 0 Å². The van der Waals surface area contributed by atoms with Crippen molar-refractivity contribution in [2.45, 2.75) is 6.42 Å². The molecule has 20 heavy (non-hydrogen) atoms. The van der Waals surface area contributed by atoms with Crippen molar-refractivity contribution in [1.82, 2.24) is 14.9 Å². The van der Waals surface area contributed by atoms with Crippen LogP contribution < -0.4 is 0 Å². The van der Waals surface area contributed by atoms with Gasteiger partial charge in [0, 0.05) is 36.6 Å². The van der Waals surface area contributed by atoms with Crippen LogP contribution in [0.3, 0.4) is 0 Å². The highest BCUT2D eigenvalue weighted by molar-refractivity contribution is 9.10. The number of carboxylic acid groups (broad SMARTS) is 1. The van der Waals surface area contributed by atoms with Crippen LogP contribution in [0.15, 0.2) is 29.0 Å². The number of nitrogens with one attached hydrogen (secondary N) is 1. The van der Waals surface area contributed by atoms with Crippen molar-refractivity contribution in [3.05, 3.63) is 40.3 Å². The van der Waals surface area contributed by atoms with Crippen LogP contribution in [0.1, 0.15) is 16.1 Å². The minimum absolute atomic E-state index is 0.171. The molecule has 2 N–H and O–H groups in total. The summed E-state index contributed by atoms with van der Waals surface area (Å²) in [5.74, 6) is -0.498. The van der Waals surface area contributed by atoms with Crippen molar-refractivity contribution in [2.75, 3.05) is 6.54 Å². The first kappa shape index (κ1) is 12.9. The third-order valence-corrected chi connectivity index (χ3v) is 4.05. The second kappa shape index (κ2) is 4.75. The number of amides is 2. The lowest BCUT2D eigenvalue weighted by Crippen LogP contribution is -2.41. The second-order valence-electron chi connectivity index (χ2n) is 4.39. The Hall–Kier alpha value is -2.15. The van der Waals surface area contributed by atoms with E-state index in [9.17, 15) is 9.59 Å². The number of aromatic nitrogens is 2. The number of hydrogen-bond acceptors (Lipinski definition) is 3. The zero-order valence-corrected chi connectivity index (χ0v) is 11.8. The van der Waals surface area contributed by atoms with Crippen molar-refractivity contribution in [1.29, 1.82) is 0 Å². The number of halogens is 1. The van der Waals surface area contributed by atoms with Crippen LogP contribution >= 0.6 is 15.9 Å². The zero-order valence-electron chi connectivity index (χ0n) is 10.3. The molecule has 0 aromatic carbocycles. The molecule has 2 aromatic heterocycles. The minimum Gasteiger partial charge on any atom is -0.465 e. The first-order valence-corrected chi connectivity index (χ1v) is 6.74. The molecule has 0 atom stereocenters. The van der Waals surface area contributed by atoms with E-state index in [1.807, 2.05) is 12.1 Å². The molecule has 1 aliphatic heterocycles. The Morgan fingerprint density at radius 1 is 1.40 bits per heavy atom. The molecule has 0 aliphatic carbocycles. The van der Waals surface area contributed by atoms with Gasteiger partial charge < -0.3 is 10.1 Å². The molecule has 0 bridgehead atoms. The van der Waals surface area contributed by atoms with E-state index in [0.717, 1.165) is 21.9 Å². The van der Waals surface area contributed by atoms with E-state index in [2.05, 4.69) is 25.9 Å². The maximum atomic E-state index is 12.2. The Morgan fingerprint density at radius 3 is 2.75 bits per heavy atom. The topological polar surface area (TPSA) is 86.3 Å². The number of rotatable bonds is 1. The van der Waals surface area contributed by atoms with Crippen LogP contribution in [0, 0.1) is 0 Å². The van der Waals surface area contributed by atoms with Gasteiger partial charge in [0.15, 0.2) is 0 Å². The van der Waals surface area contributed by atoms with E-state index in [1.165, 1.54) is 0 Å². The SMILES string of the molecule is O=C(O)N1CCc2[nH]c(-c3ccncc3)c(Br)c2C1=O. The predicted molar refractivity (Wildman–Crippen MR) is 74.5 cm³/mol. The number of hydrogen-bond donors (Lipinski definition) is 2. The van der Waals surface area contributed by atoms with Crippen LogP contribution in [0.4, 0.5) is 4.79 Å². The van der Waals surface area contributed by atoms with E-state index in [0.29, 0.717) is 16.5 Å². The monoisotopic (exact) mass is 335 g/mol. The molecular weight excluding hydrogens is 326 g/mol. The highest BCUT2D eigenvalue weighted by Gasteiger charge is 2.33. The molecule has 6 nitrogen and oxygen atoms in total. The smallest absolute Gasteiger partial charge is 0.414 e. The Labute approximate surface area is 122 Å². The Bertz CT molecular complexity index is 696. The van der Waals surface area contributed by atoms with Crippen LogP contribution in [0.25, 0.3) is 11.3 Å². The predicted octanol–water partition coefficient (Wildman–Crippen LogP) is 2.52. The molecule has 2 aromatic rings. The van der Waals surface area contributed by atoms with E-state index < -0.39 is 12.0 Å². The van der Waals surface area contributed by atoms with Gasteiger partial charge in [0.1, 0.15) is 0 Å². The van der Waals surface area contributed by atoms with Crippen LogP contribution in [0.2, 0.25) is 0 Å². The fourth-order valence-electron chi connectivity index (χ4n) is 2.30. The number of H-pyrrole nitrogens is 1. The van der Waals surface area contributed by atoms with Crippen molar-refractivity contribution >= 4 is 27.9 Å². The summed E-state index contributed by atoms with van der Waals surface area (Å²) in [5, 5.41) is 9.02. The maximum Gasteiger partial charge on any atom is 0.414 e. The molecule has 0 saturated heterocycles. The van der Waals surface area contributed by atoms with Crippen molar-refractivity contribution in [3.8, 4) is 11.3 Å². The average molecular weight is 336 g/mol. The molecule has 0 spiro atoms. The summed E-state index contributed by atoms with van der Waals surface area (Å²) in [6.07, 6.45) is 2.58. The summed E-state index contributed by atoms with van der Waals surface area (Å²) in [5.41, 5.74) is 2.80. The Balaban J connectivity index is 2.10. The van der Waals surface area contributed by atoms with Gasteiger partial charge in [-0.15, -0.1) is 0 Å². The maximum absolute atomic E-state index is 12.2. The van der Waals surface area contributed by atoms with Gasteiger partial charge >= 0.3 is 6.09 Å². The number of pyridine rings is 1. The summed E-state index contributed by atoms with van der Waals surface area (Å²) in [4.78, 5) is 31.2. The largest absolute Gasteiger partial charge is 0.465 e. The second-order valence-corrected chi connectivity index (χ2v) is 5.19. The lowest BCUT2D eigenvalue weighted by molar-refractivity contribution is 0.0726. The van der Waals surface area contributed by atoms with Gasteiger partial charge in [0.2, 0.25) is 0 Å². The molecule has 0 fully saturated rings. The van der Waals surface area contributed by atoms with E-state index in [-0.39, 0.29) is 6.54 Å². The van der Waals surface area contributed by atoms with Crippen molar-refractivity contribution in [3.63, 3.8) is 0 Å². The molecule has 7 heteroatoms. The zero-order chi connectivity index (χ0) is 14.3. The molecule has 0 unspecified atom stereocenters. The molecule has 102 valence electrons. The number of fused-ring (bicyclic) bond motifs is 1. The third kappa shape index (κ3) is 1.90. The van der Waals surface area contributed by atoms with Gasteiger partial charge in [-0.25, -0.2) is 9.69 Å². The Kier molecular flexibility index (Phi) is 3.06. The molecule has 1 aliphatic rings. The van der Waals surface area contributed by atoms with Gasteiger partial charge in [0.05, 0.1) is 15.7 Å².